The minimum absolute atomic E-state index is 0.0256. The molecule has 0 saturated carbocycles. The minimum atomic E-state index is -1.01. The van der Waals surface area contributed by atoms with E-state index in [-0.39, 0.29) is 24.1 Å². The standard InChI is InChI=1S/C16H20FNO3/c1-9(2)8-18-14(19)7-12(16(20)21)15(18)11-5-4-10(3)13(17)6-11/h4-6,9,12,15H,7-8H2,1-3H3,(H,20,21). The summed E-state index contributed by atoms with van der Waals surface area (Å²) in [6.45, 7) is 6.06. The predicted octanol–water partition coefficient (Wildman–Crippen LogP) is 2.76. The summed E-state index contributed by atoms with van der Waals surface area (Å²) in [6.07, 6.45) is -0.0256. The van der Waals surface area contributed by atoms with Crippen LogP contribution < -0.4 is 0 Å². The monoisotopic (exact) mass is 293 g/mol. The molecule has 1 aliphatic rings. The highest BCUT2D eigenvalue weighted by atomic mass is 19.1. The summed E-state index contributed by atoms with van der Waals surface area (Å²) in [4.78, 5) is 25.1. The molecular weight excluding hydrogens is 273 g/mol. The molecule has 0 aliphatic carbocycles. The average molecular weight is 293 g/mol. The molecule has 5 heteroatoms. The number of carbonyl (C=O) groups is 2. The van der Waals surface area contributed by atoms with Gasteiger partial charge in [-0.1, -0.05) is 26.0 Å². The molecule has 1 fully saturated rings. The predicted molar refractivity (Wildman–Crippen MR) is 76.2 cm³/mol. The van der Waals surface area contributed by atoms with Crippen LogP contribution in [0.15, 0.2) is 18.2 Å². The molecule has 0 bridgehead atoms. The van der Waals surface area contributed by atoms with Crippen LogP contribution in [-0.4, -0.2) is 28.4 Å². The Hall–Kier alpha value is -1.91. The van der Waals surface area contributed by atoms with Gasteiger partial charge in [0.05, 0.1) is 12.0 Å². The molecule has 1 heterocycles. The highest BCUT2D eigenvalue weighted by Gasteiger charge is 2.44. The van der Waals surface area contributed by atoms with Crippen molar-refractivity contribution in [2.75, 3.05) is 6.54 Å². The highest BCUT2D eigenvalue weighted by molar-refractivity contribution is 5.87. The van der Waals surface area contributed by atoms with Crippen LogP contribution in [0.1, 0.15) is 37.4 Å². The van der Waals surface area contributed by atoms with E-state index in [0.717, 1.165) is 0 Å². The first-order valence-corrected chi connectivity index (χ1v) is 7.09. The van der Waals surface area contributed by atoms with Crippen molar-refractivity contribution in [2.45, 2.75) is 33.2 Å². The van der Waals surface area contributed by atoms with Gasteiger partial charge in [0.15, 0.2) is 0 Å². The maximum absolute atomic E-state index is 13.8. The zero-order valence-corrected chi connectivity index (χ0v) is 12.5. The molecule has 1 aromatic carbocycles. The smallest absolute Gasteiger partial charge is 0.309 e. The van der Waals surface area contributed by atoms with E-state index in [9.17, 15) is 19.1 Å². The number of likely N-dealkylation sites (tertiary alicyclic amines) is 1. The zero-order valence-electron chi connectivity index (χ0n) is 12.5. The van der Waals surface area contributed by atoms with Crippen LogP contribution in [-0.2, 0) is 9.59 Å². The number of hydrogen-bond donors (Lipinski definition) is 1. The summed E-state index contributed by atoms with van der Waals surface area (Å²) >= 11 is 0. The SMILES string of the molecule is Cc1ccc(C2C(C(=O)O)CC(=O)N2CC(C)C)cc1F. The number of nitrogens with zero attached hydrogens (tertiary/aromatic N) is 1. The maximum atomic E-state index is 13.8. The summed E-state index contributed by atoms with van der Waals surface area (Å²) in [5, 5.41) is 9.37. The maximum Gasteiger partial charge on any atom is 0.309 e. The van der Waals surface area contributed by atoms with Gasteiger partial charge in [0.2, 0.25) is 5.91 Å². The normalized spacial score (nSPS) is 22.1. The molecule has 1 amide bonds. The van der Waals surface area contributed by atoms with Crippen molar-refractivity contribution in [1.82, 2.24) is 4.90 Å². The second-order valence-corrected chi connectivity index (χ2v) is 6.04. The van der Waals surface area contributed by atoms with Crippen molar-refractivity contribution in [3.63, 3.8) is 0 Å². The Labute approximate surface area is 123 Å². The van der Waals surface area contributed by atoms with Gasteiger partial charge in [-0.05, 0) is 30.0 Å². The topological polar surface area (TPSA) is 57.6 Å². The molecule has 0 aromatic heterocycles. The fraction of sp³-hybridized carbons (Fsp3) is 0.500. The number of rotatable bonds is 4. The first kappa shape index (κ1) is 15.5. The van der Waals surface area contributed by atoms with Crippen LogP contribution in [0.4, 0.5) is 4.39 Å². The van der Waals surface area contributed by atoms with E-state index in [2.05, 4.69) is 0 Å². The molecule has 1 saturated heterocycles. The van der Waals surface area contributed by atoms with Gasteiger partial charge in [0.1, 0.15) is 5.82 Å². The highest BCUT2D eigenvalue weighted by Crippen LogP contribution is 2.39. The van der Waals surface area contributed by atoms with Gasteiger partial charge in [-0.2, -0.15) is 0 Å². The molecule has 0 radical (unpaired) electrons. The first-order valence-electron chi connectivity index (χ1n) is 7.09. The van der Waals surface area contributed by atoms with Gasteiger partial charge in [-0.25, -0.2) is 4.39 Å². The Bertz CT molecular complexity index is 571. The van der Waals surface area contributed by atoms with Gasteiger partial charge < -0.3 is 10.0 Å². The lowest BCUT2D eigenvalue weighted by molar-refractivity contribution is -0.142. The number of benzene rings is 1. The van der Waals surface area contributed by atoms with Gasteiger partial charge in [0, 0.05) is 13.0 Å². The van der Waals surface area contributed by atoms with Crippen molar-refractivity contribution in [3.8, 4) is 0 Å². The van der Waals surface area contributed by atoms with Crippen molar-refractivity contribution in [3.05, 3.63) is 35.1 Å². The molecule has 0 spiro atoms. The first-order chi connectivity index (χ1) is 9.81. The number of carboxylic acids is 1. The fourth-order valence-electron chi connectivity index (χ4n) is 2.83. The Morgan fingerprint density at radius 1 is 1.48 bits per heavy atom. The van der Waals surface area contributed by atoms with E-state index in [4.69, 9.17) is 0 Å². The lowest BCUT2D eigenvalue weighted by atomic mass is 9.92. The van der Waals surface area contributed by atoms with Crippen molar-refractivity contribution in [2.24, 2.45) is 11.8 Å². The Morgan fingerprint density at radius 2 is 2.14 bits per heavy atom. The molecule has 1 aliphatic heterocycles. The quantitative estimate of drug-likeness (QED) is 0.928. The molecule has 2 rings (SSSR count). The van der Waals surface area contributed by atoms with Crippen LogP contribution in [0, 0.1) is 24.6 Å². The lowest BCUT2D eigenvalue weighted by Gasteiger charge is -2.29. The van der Waals surface area contributed by atoms with Crippen LogP contribution in [0.5, 0.6) is 0 Å². The number of hydrogen-bond acceptors (Lipinski definition) is 2. The summed E-state index contributed by atoms with van der Waals surface area (Å²) in [7, 11) is 0. The third-order valence-electron chi connectivity index (χ3n) is 3.85. The molecule has 2 atom stereocenters. The van der Waals surface area contributed by atoms with Crippen molar-refractivity contribution < 1.29 is 19.1 Å². The van der Waals surface area contributed by atoms with Crippen molar-refractivity contribution in [1.29, 1.82) is 0 Å². The molecule has 114 valence electrons. The third-order valence-corrected chi connectivity index (χ3v) is 3.85. The Kier molecular flexibility index (Phi) is 4.30. The molecule has 1 N–H and O–H groups in total. The lowest BCUT2D eigenvalue weighted by Crippen LogP contribution is -2.33. The largest absolute Gasteiger partial charge is 0.481 e. The van der Waals surface area contributed by atoms with E-state index >= 15 is 0 Å². The average Bonchev–Trinajstić information content (AvgIpc) is 2.70. The molecule has 4 nitrogen and oxygen atoms in total. The number of aryl methyl sites for hydroxylation is 1. The van der Waals surface area contributed by atoms with Gasteiger partial charge in [-0.15, -0.1) is 0 Å². The number of amides is 1. The fourth-order valence-corrected chi connectivity index (χ4v) is 2.83. The van der Waals surface area contributed by atoms with E-state index < -0.39 is 17.9 Å². The molecule has 2 unspecified atom stereocenters. The van der Waals surface area contributed by atoms with Crippen LogP contribution in [0.3, 0.4) is 0 Å². The summed E-state index contributed by atoms with van der Waals surface area (Å²) in [5.74, 6) is -2.17. The second-order valence-electron chi connectivity index (χ2n) is 6.04. The Balaban J connectivity index is 2.43. The summed E-state index contributed by atoms with van der Waals surface area (Å²) in [6, 6.07) is 4.10. The van der Waals surface area contributed by atoms with Gasteiger partial charge >= 0.3 is 5.97 Å². The molecule has 1 aromatic rings. The minimum Gasteiger partial charge on any atom is -0.481 e. The molecule has 21 heavy (non-hydrogen) atoms. The van der Waals surface area contributed by atoms with Gasteiger partial charge in [0.25, 0.3) is 0 Å². The zero-order chi connectivity index (χ0) is 15.7. The second kappa shape index (κ2) is 5.84. The molecular formula is C16H20FNO3. The van der Waals surface area contributed by atoms with E-state index in [1.54, 1.807) is 24.0 Å². The summed E-state index contributed by atoms with van der Waals surface area (Å²) in [5.41, 5.74) is 1.06. The van der Waals surface area contributed by atoms with Crippen LogP contribution in [0.25, 0.3) is 0 Å². The summed E-state index contributed by atoms with van der Waals surface area (Å²) < 4.78 is 13.8. The number of carboxylic acid groups (broad SMARTS) is 1. The Morgan fingerprint density at radius 3 is 2.67 bits per heavy atom. The van der Waals surface area contributed by atoms with Gasteiger partial charge in [-0.3, -0.25) is 9.59 Å². The number of aliphatic carboxylic acids is 1. The van der Waals surface area contributed by atoms with E-state index in [1.807, 2.05) is 13.8 Å². The van der Waals surface area contributed by atoms with E-state index in [1.165, 1.54) is 6.07 Å². The van der Waals surface area contributed by atoms with Crippen LogP contribution >= 0.6 is 0 Å². The number of carbonyl (C=O) groups excluding carboxylic acids is 1. The van der Waals surface area contributed by atoms with Crippen LogP contribution in [0.2, 0.25) is 0 Å². The van der Waals surface area contributed by atoms with E-state index in [0.29, 0.717) is 17.7 Å². The third kappa shape index (κ3) is 3.06. The number of halogens is 1. The van der Waals surface area contributed by atoms with Crippen molar-refractivity contribution >= 4 is 11.9 Å².